The topological polar surface area (TPSA) is 57.6 Å². The lowest BCUT2D eigenvalue weighted by molar-refractivity contribution is 0.171. The van der Waals surface area contributed by atoms with Gasteiger partial charge in [-0.15, -0.1) is 0 Å². The van der Waals surface area contributed by atoms with Crippen molar-refractivity contribution in [1.82, 2.24) is 0 Å². The van der Waals surface area contributed by atoms with Crippen LogP contribution in [0.1, 0.15) is 23.1 Å². The monoisotopic (exact) mass is 245 g/mol. The second kappa shape index (κ2) is 4.38. The van der Waals surface area contributed by atoms with E-state index in [4.69, 9.17) is 19.6 Å². The molecule has 2 N–H and O–H groups in total. The van der Waals surface area contributed by atoms with Gasteiger partial charge < -0.3 is 19.6 Å². The first-order valence-corrected chi connectivity index (χ1v) is 5.95. The summed E-state index contributed by atoms with van der Waals surface area (Å²) in [6.45, 7) is 3.07. The number of fused-ring (bicyclic) bond motifs is 1. The maximum absolute atomic E-state index is 6.17. The van der Waals surface area contributed by atoms with Gasteiger partial charge in [-0.1, -0.05) is 6.07 Å². The van der Waals surface area contributed by atoms with E-state index >= 15 is 0 Å². The van der Waals surface area contributed by atoms with Crippen LogP contribution in [0.15, 0.2) is 34.7 Å². The Morgan fingerprint density at radius 2 is 1.83 bits per heavy atom. The van der Waals surface area contributed by atoms with E-state index in [1.165, 1.54) is 0 Å². The van der Waals surface area contributed by atoms with Crippen LogP contribution in [-0.4, -0.2) is 13.2 Å². The van der Waals surface area contributed by atoms with Crippen molar-refractivity contribution in [2.24, 2.45) is 5.73 Å². The summed E-state index contributed by atoms with van der Waals surface area (Å²) < 4.78 is 16.6. The van der Waals surface area contributed by atoms with Crippen LogP contribution < -0.4 is 15.2 Å². The molecule has 4 heteroatoms. The van der Waals surface area contributed by atoms with Crippen LogP contribution >= 0.6 is 0 Å². The number of aryl methyl sites for hydroxylation is 1. The van der Waals surface area contributed by atoms with E-state index in [-0.39, 0.29) is 6.04 Å². The van der Waals surface area contributed by atoms with Gasteiger partial charge in [0.05, 0.1) is 6.04 Å². The van der Waals surface area contributed by atoms with Gasteiger partial charge in [-0.3, -0.25) is 0 Å². The summed E-state index contributed by atoms with van der Waals surface area (Å²) in [4.78, 5) is 0. The minimum atomic E-state index is -0.283. The van der Waals surface area contributed by atoms with Crippen LogP contribution in [0.5, 0.6) is 11.5 Å². The maximum Gasteiger partial charge on any atom is 0.161 e. The molecule has 2 heterocycles. The Kier molecular flexibility index (Phi) is 2.72. The van der Waals surface area contributed by atoms with Crippen molar-refractivity contribution in [3.8, 4) is 11.5 Å². The minimum absolute atomic E-state index is 0.283. The van der Waals surface area contributed by atoms with Crippen molar-refractivity contribution >= 4 is 0 Å². The molecule has 1 aliphatic rings. The van der Waals surface area contributed by atoms with Crippen LogP contribution in [0.4, 0.5) is 0 Å². The molecule has 0 saturated carbocycles. The zero-order valence-corrected chi connectivity index (χ0v) is 10.2. The van der Waals surface area contributed by atoms with Gasteiger partial charge in [0, 0.05) is 0 Å². The largest absolute Gasteiger partial charge is 0.486 e. The van der Waals surface area contributed by atoms with Crippen molar-refractivity contribution in [2.75, 3.05) is 13.2 Å². The average molecular weight is 245 g/mol. The fourth-order valence-corrected chi connectivity index (χ4v) is 2.04. The van der Waals surface area contributed by atoms with E-state index in [1.54, 1.807) is 0 Å². The number of rotatable bonds is 2. The lowest BCUT2D eigenvalue weighted by Crippen LogP contribution is -2.17. The second-order valence-electron chi connectivity index (χ2n) is 4.33. The highest BCUT2D eigenvalue weighted by atomic mass is 16.6. The molecule has 0 saturated heterocycles. The molecule has 3 rings (SSSR count). The smallest absolute Gasteiger partial charge is 0.161 e. The highest BCUT2D eigenvalue weighted by Crippen LogP contribution is 2.33. The van der Waals surface area contributed by atoms with Crippen LogP contribution in [0.3, 0.4) is 0 Å². The Morgan fingerprint density at radius 3 is 2.56 bits per heavy atom. The van der Waals surface area contributed by atoms with Gasteiger partial charge in [0.25, 0.3) is 0 Å². The minimum Gasteiger partial charge on any atom is -0.486 e. The summed E-state index contributed by atoms with van der Waals surface area (Å²) in [7, 11) is 0. The van der Waals surface area contributed by atoms with Crippen molar-refractivity contribution < 1.29 is 13.9 Å². The number of hydrogen-bond acceptors (Lipinski definition) is 4. The average Bonchev–Trinajstić information content (AvgIpc) is 2.84. The van der Waals surface area contributed by atoms with Crippen LogP contribution in [0.25, 0.3) is 0 Å². The normalized spacial score (nSPS) is 15.4. The second-order valence-corrected chi connectivity index (χ2v) is 4.33. The van der Waals surface area contributed by atoms with E-state index in [1.807, 2.05) is 37.3 Å². The predicted molar refractivity (Wildman–Crippen MR) is 66.9 cm³/mol. The molecule has 1 aromatic heterocycles. The summed E-state index contributed by atoms with van der Waals surface area (Å²) in [5, 5.41) is 0. The Labute approximate surface area is 105 Å². The van der Waals surface area contributed by atoms with Crippen molar-refractivity contribution in [3.05, 3.63) is 47.4 Å². The molecular formula is C14H15NO3. The molecule has 0 radical (unpaired) electrons. The molecule has 94 valence electrons. The van der Waals surface area contributed by atoms with E-state index in [0.717, 1.165) is 28.6 Å². The van der Waals surface area contributed by atoms with Gasteiger partial charge >= 0.3 is 0 Å². The summed E-state index contributed by atoms with van der Waals surface area (Å²) >= 11 is 0. The van der Waals surface area contributed by atoms with Gasteiger partial charge in [-0.25, -0.2) is 0 Å². The van der Waals surface area contributed by atoms with Gasteiger partial charge in [-0.2, -0.15) is 0 Å². The first kappa shape index (κ1) is 11.2. The third kappa shape index (κ3) is 1.95. The fourth-order valence-electron chi connectivity index (χ4n) is 2.04. The van der Waals surface area contributed by atoms with E-state index < -0.39 is 0 Å². The molecule has 0 aliphatic carbocycles. The maximum atomic E-state index is 6.17. The summed E-state index contributed by atoms with van der Waals surface area (Å²) in [6.07, 6.45) is 0. The molecule has 1 aliphatic heterocycles. The first-order chi connectivity index (χ1) is 8.74. The molecule has 1 unspecified atom stereocenters. The molecule has 0 fully saturated rings. The molecule has 2 aromatic rings. The quantitative estimate of drug-likeness (QED) is 0.882. The molecule has 0 bridgehead atoms. The molecule has 4 nitrogen and oxygen atoms in total. The van der Waals surface area contributed by atoms with E-state index in [9.17, 15) is 0 Å². The Bertz CT molecular complexity index is 562. The lowest BCUT2D eigenvalue weighted by Gasteiger charge is -2.20. The molecule has 18 heavy (non-hydrogen) atoms. The summed E-state index contributed by atoms with van der Waals surface area (Å²) in [6, 6.07) is 9.27. The van der Waals surface area contributed by atoms with Crippen LogP contribution in [0, 0.1) is 6.92 Å². The summed E-state index contributed by atoms with van der Waals surface area (Å²) in [5.41, 5.74) is 7.13. The van der Waals surface area contributed by atoms with E-state index in [0.29, 0.717) is 13.2 Å². The Balaban J connectivity index is 1.92. The standard InChI is InChI=1S/C14H15NO3/c1-9-2-4-12(18-9)14(15)10-3-5-11-13(8-10)17-7-6-16-11/h2-5,8,14H,6-7,15H2,1H3. The van der Waals surface area contributed by atoms with Crippen LogP contribution in [-0.2, 0) is 0 Å². The van der Waals surface area contributed by atoms with E-state index in [2.05, 4.69) is 0 Å². The summed E-state index contributed by atoms with van der Waals surface area (Å²) in [5.74, 6) is 3.13. The molecule has 1 atom stereocenters. The molecule has 0 amide bonds. The van der Waals surface area contributed by atoms with Crippen molar-refractivity contribution in [1.29, 1.82) is 0 Å². The highest BCUT2D eigenvalue weighted by molar-refractivity contribution is 5.45. The Morgan fingerprint density at radius 1 is 1.06 bits per heavy atom. The SMILES string of the molecule is Cc1ccc(C(N)c2ccc3c(c2)OCCO3)o1. The zero-order valence-electron chi connectivity index (χ0n) is 10.2. The highest BCUT2D eigenvalue weighted by Gasteiger charge is 2.17. The van der Waals surface area contributed by atoms with Gasteiger partial charge in [0.2, 0.25) is 0 Å². The number of nitrogens with two attached hydrogens (primary N) is 1. The number of furan rings is 1. The Hall–Kier alpha value is -1.94. The fraction of sp³-hybridized carbons (Fsp3) is 0.286. The van der Waals surface area contributed by atoms with Gasteiger partial charge in [0.1, 0.15) is 24.7 Å². The van der Waals surface area contributed by atoms with Crippen molar-refractivity contribution in [3.63, 3.8) is 0 Å². The third-order valence-electron chi connectivity index (χ3n) is 2.99. The predicted octanol–water partition coefficient (Wildman–Crippen LogP) is 2.41. The van der Waals surface area contributed by atoms with Crippen LogP contribution in [0.2, 0.25) is 0 Å². The first-order valence-electron chi connectivity index (χ1n) is 5.95. The number of benzene rings is 1. The number of hydrogen-bond donors (Lipinski definition) is 1. The molecule has 1 aromatic carbocycles. The lowest BCUT2D eigenvalue weighted by atomic mass is 10.0. The van der Waals surface area contributed by atoms with Gasteiger partial charge in [-0.05, 0) is 36.8 Å². The van der Waals surface area contributed by atoms with Crippen molar-refractivity contribution in [2.45, 2.75) is 13.0 Å². The molecule has 0 spiro atoms. The third-order valence-corrected chi connectivity index (χ3v) is 2.99. The zero-order chi connectivity index (χ0) is 12.5. The molecular weight excluding hydrogens is 230 g/mol. The number of ether oxygens (including phenoxy) is 2. The van der Waals surface area contributed by atoms with Gasteiger partial charge in [0.15, 0.2) is 11.5 Å².